The van der Waals surface area contributed by atoms with Gasteiger partial charge in [-0.15, -0.1) is 11.3 Å². The van der Waals surface area contributed by atoms with Crippen LogP contribution in [0.15, 0.2) is 48.5 Å². The third-order valence-corrected chi connectivity index (χ3v) is 4.24. The highest BCUT2D eigenvalue weighted by Crippen LogP contribution is 2.21. The predicted octanol–water partition coefficient (Wildman–Crippen LogP) is 2.67. The first-order valence-corrected chi connectivity index (χ1v) is 7.66. The Hall–Kier alpha value is -3.04. The van der Waals surface area contributed by atoms with Gasteiger partial charge in [0.1, 0.15) is 0 Å². The number of aromatic nitrogens is 1. The van der Waals surface area contributed by atoms with E-state index in [4.69, 9.17) is 5.26 Å². The number of hydrogen-bond acceptors (Lipinski definition) is 5. The third kappa shape index (κ3) is 3.25. The van der Waals surface area contributed by atoms with Gasteiger partial charge in [-0.25, -0.2) is 4.98 Å². The average molecular weight is 321 g/mol. The van der Waals surface area contributed by atoms with Gasteiger partial charge in [-0.2, -0.15) is 5.26 Å². The first kappa shape index (κ1) is 14.9. The van der Waals surface area contributed by atoms with Crippen molar-refractivity contribution in [3.63, 3.8) is 0 Å². The van der Waals surface area contributed by atoms with Crippen molar-refractivity contribution in [2.24, 2.45) is 0 Å². The van der Waals surface area contributed by atoms with E-state index >= 15 is 0 Å². The number of carbonyl (C=O) groups is 2. The summed E-state index contributed by atoms with van der Waals surface area (Å²) in [5.41, 5.74) is 1.97. The van der Waals surface area contributed by atoms with Gasteiger partial charge in [-0.3, -0.25) is 9.59 Å². The maximum Gasteiger partial charge on any atom is 0.295 e. The van der Waals surface area contributed by atoms with E-state index in [0.29, 0.717) is 11.1 Å². The second-order valence-corrected chi connectivity index (χ2v) is 5.84. The number of carbonyl (C=O) groups excluding carboxylic acids is 2. The maximum atomic E-state index is 12.1. The zero-order valence-corrected chi connectivity index (χ0v) is 12.8. The van der Waals surface area contributed by atoms with Crippen LogP contribution in [0.1, 0.15) is 20.9 Å². The third-order valence-electron chi connectivity index (χ3n) is 3.20. The predicted molar refractivity (Wildman–Crippen MR) is 87.0 cm³/mol. The molecule has 6 heteroatoms. The monoisotopic (exact) mass is 321 g/mol. The molecule has 0 aliphatic rings. The number of nitriles is 1. The molecule has 1 amide bonds. The lowest BCUT2D eigenvalue weighted by Gasteiger charge is -2.03. The van der Waals surface area contributed by atoms with E-state index in [1.54, 1.807) is 30.3 Å². The van der Waals surface area contributed by atoms with Crippen LogP contribution < -0.4 is 5.32 Å². The quantitative estimate of drug-likeness (QED) is 0.591. The van der Waals surface area contributed by atoms with Gasteiger partial charge in [0.2, 0.25) is 0 Å². The van der Waals surface area contributed by atoms with Gasteiger partial charge in [-0.1, -0.05) is 24.3 Å². The van der Waals surface area contributed by atoms with Gasteiger partial charge < -0.3 is 5.32 Å². The van der Waals surface area contributed by atoms with Crippen LogP contribution >= 0.6 is 11.3 Å². The minimum Gasteiger partial charge on any atom is -0.345 e. The molecule has 0 radical (unpaired) electrons. The van der Waals surface area contributed by atoms with Crippen LogP contribution in [0.2, 0.25) is 0 Å². The summed E-state index contributed by atoms with van der Waals surface area (Å²) in [5.74, 6) is -1.35. The van der Waals surface area contributed by atoms with Crippen LogP contribution in [-0.2, 0) is 11.3 Å². The van der Waals surface area contributed by atoms with Crippen LogP contribution in [0.25, 0.3) is 10.2 Å². The fourth-order valence-corrected chi connectivity index (χ4v) is 2.98. The highest BCUT2D eigenvalue weighted by atomic mass is 32.1. The topological polar surface area (TPSA) is 82.9 Å². The molecule has 112 valence electrons. The number of benzene rings is 2. The molecule has 2 aromatic carbocycles. The number of amides is 1. The zero-order valence-electron chi connectivity index (χ0n) is 11.9. The van der Waals surface area contributed by atoms with Crippen molar-refractivity contribution < 1.29 is 9.59 Å². The molecule has 0 atom stereocenters. The van der Waals surface area contributed by atoms with E-state index < -0.39 is 11.7 Å². The molecule has 3 aromatic rings. The number of ketones is 1. The van der Waals surface area contributed by atoms with Crippen molar-refractivity contribution in [2.75, 3.05) is 0 Å². The Balaban J connectivity index is 1.70. The highest BCUT2D eigenvalue weighted by molar-refractivity contribution is 7.20. The number of para-hydroxylation sites is 1. The summed E-state index contributed by atoms with van der Waals surface area (Å²) in [6, 6.07) is 16.2. The van der Waals surface area contributed by atoms with Crippen molar-refractivity contribution >= 4 is 33.2 Å². The minimum atomic E-state index is -0.702. The Bertz CT molecular complexity index is 907. The van der Waals surface area contributed by atoms with E-state index in [1.807, 2.05) is 24.3 Å². The number of thiazole rings is 1. The molecule has 0 aliphatic heterocycles. The number of fused-ring (bicyclic) bond motifs is 1. The molecule has 1 aromatic heterocycles. The summed E-state index contributed by atoms with van der Waals surface area (Å²) in [7, 11) is 0. The number of rotatable bonds is 4. The largest absolute Gasteiger partial charge is 0.345 e. The fourth-order valence-electron chi connectivity index (χ4n) is 2.08. The van der Waals surface area contributed by atoms with Crippen molar-refractivity contribution in [1.29, 1.82) is 5.26 Å². The average Bonchev–Trinajstić information content (AvgIpc) is 3.03. The van der Waals surface area contributed by atoms with E-state index in [1.165, 1.54) is 11.3 Å². The van der Waals surface area contributed by atoms with E-state index in [-0.39, 0.29) is 11.6 Å². The van der Waals surface area contributed by atoms with Crippen LogP contribution in [0, 0.1) is 11.3 Å². The molecule has 1 heterocycles. The van der Waals surface area contributed by atoms with Crippen LogP contribution in [0.5, 0.6) is 0 Å². The molecule has 3 rings (SSSR count). The summed E-state index contributed by atoms with van der Waals surface area (Å²) in [6.07, 6.45) is 0. The lowest BCUT2D eigenvalue weighted by molar-refractivity contribution is -0.117. The standard InChI is InChI=1S/C17H11N3O2S/c18-9-11-4-3-5-12(8-11)10-19-16(22)15(21)17-20-13-6-1-2-7-14(13)23-17/h1-8H,10H2,(H,19,22). The lowest BCUT2D eigenvalue weighted by atomic mass is 10.1. The highest BCUT2D eigenvalue weighted by Gasteiger charge is 2.20. The van der Waals surface area contributed by atoms with Gasteiger partial charge in [0.15, 0.2) is 5.01 Å². The number of hydrogen-bond donors (Lipinski definition) is 1. The van der Waals surface area contributed by atoms with Gasteiger partial charge in [-0.05, 0) is 29.8 Å². The Morgan fingerprint density at radius 3 is 2.78 bits per heavy atom. The molecule has 0 spiro atoms. The molecule has 0 unspecified atom stereocenters. The fraction of sp³-hybridized carbons (Fsp3) is 0.0588. The van der Waals surface area contributed by atoms with Gasteiger partial charge in [0.05, 0.1) is 21.8 Å². The van der Waals surface area contributed by atoms with Crippen molar-refractivity contribution in [2.45, 2.75) is 6.54 Å². The Labute approximate surface area is 136 Å². The summed E-state index contributed by atoms with van der Waals surface area (Å²) >= 11 is 1.20. The molecule has 0 saturated heterocycles. The van der Waals surface area contributed by atoms with Crippen LogP contribution in [-0.4, -0.2) is 16.7 Å². The second-order valence-electron chi connectivity index (χ2n) is 4.81. The molecule has 0 fully saturated rings. The summed E-state index contributed by atoms with van der Waals surface area (Å²) in [4.78, 5) is 28.3. The first-order valence-electron chi connectivity index (χ1n) is 6.84. The molecule has 1 N–H and O–H groups in total. The molecule has 0 bridgehead atoms. The Morgan fingerprint density at radius 2 is 2.00 bits per heavy atom. The minimum absolute atomic E-state index is 0.175. The molecular weight excluding hydrogens is 310 g/mol. The van der Waals surface area contributed by atoms with E-state index in [0.717, 1.165) is 10.3 Å². The zero-order chi connectivity index (χ0) is 16.2. The molecule has 0 aliphatic carbocycles. The van der Waals surface area contributed by atoms with Crippen molar-refractivity contribution in [3.05, 3.63) is 64.7 Å². The number of nitrogens with one attached hydrogen (secondary N) is 1. The lowest BCUT2D eigenvalue weighted by Crippen LogP contribution is -2.30. The first-order chi connectivity index (χ1) is 11.2. The normalized spacial score (nSPS) is 10.2. The van der Waals surface area contributed by atoms with Gasteiger partial charge >= 0.3 is 0 Å². The molecule has 23 heavy (non-hydrogen) atoms. The molecule has 5 nitrogen and oxygen atoms in total. The van der Waals surface area contributed by atoms with Crippen molar-refractivity contribution in [3.8, 4) is 6.07 Å². The van der Waals surface area contributed by atoms with E-state index in [9.17, 15) is 9.59 Å². The summed E-state index contributed by atoms with van der Waals surface area (Å²) in [5, 5.41) is 11.6. The van der Waals surface area contributed by atoms with Gasteiger partial charge in [0, 0.05) is 6.54 Å². The van der Waals surface area contributed by atoms with E-state index in [2.05, 4.69) is 10.3 Å². The maximum absolute atomic E-state index is 12.1. The second kappa shape index (κ2) is 6.38. The Morgan fingerprint density at radius 1 is 1.17 bits per heavy atom. The Kier molecular flexibility index (Phi) is 4.13. The van der Waals surface area contributed by atoms with Crippen molar-refractivity contribution in [1.82, 2.24) is 10.3 Å². The molecule has 0 saturated carbocycles. The summed E-state index contributed by atoms with van der Waals surface area (Å²) in [6.45, 7) is 0.186. The van der Waals surface area contributed by atoms with Crippen LogP contribution in [0.3, 0.4) is 0 Å². The van der Waals surface area contributed by atoms with Gasteiger partial charge in [0.25, 0.3) is 11.7 Å². The smallest absolute Gasteiger partial charge is 0.295 e. The van der Waals surface area contributed by atoms with Crippen LogP contribution in [0.4, 0.5) is 0 Å². The number of nitrogens with zero attached hydrogens (tertiary/aromatic N) is 2. The summed E-state index contributed by atoms with van der Waals surface area (Å²) < 4.78 is 0.866. The molecular formula is C17H11N3O2S. The SMILES string of the molecule is N#Cc1cccc(CNC(=O)C(=O)c2nc3ccccc3s2)c1. The number of Topliss-reactive ketones (excluding diaryl/α,β-unsaturated/α-hetero) is 1.